The molecule has 0 atom stereocenters. The van der Waals surface area contributed by atoms with Crippen molar-refractivity contribution in [2.24, 2.45) is 0 Å². The van der Waals surface area contributed by atoms with Gasteiger partial charge < -0.3 is 5.32 Å². The molecule has 2 aromatic rings. The van der Waals surface area contributed by atoms with Crippen LogP contribution in [0.2, 0.25) is 0 Å². The van der Waals surface area contributed by atoms with Gasteiger partial charge in [0.05, 0.1) is 15.5 Å². The maximum absolute atomic E-state index is 13.4. The zero-order valence-electron chi connectivity index (χ0n) is 13.2. The van der Waals surface area contributed by atoms with E-state index in [1.165, 1.54) is 19.1 Å². The molecule has 0 spiro atoms. The Hall–Kier alpha value is -3.01. The number of anilines is 2. The number of nitrogens with zero attached hydrogens (tertiary/aromatic N) is 1. The van der Waals surface area contributed by atoms with Crippen molar-refractivity contribution in [1.29, 1.82) is 0 Å². The third-order valence-corrected chi connectivity index (χ3v) is 4.72. The molecule has 25 heavy (non-hydrogen) atoms. The van der Waals surface area contributed by atoms with Crippen molar-refractivity contribution in [2.45, 2.75) is 18.7 Å². The Morgan fingerprint density at radius 3 is 2.40 bits per heavy atom. The van der Waals surface area contributed by atoms with Gasteiger partial charge in [-0.25, -0.2) is 8.42 Å². The second kappa shape index (κ2) is 6.85. The molecule has 0 aliphatic carbocycles. The first-order valence-electron chi connectivity index (χ1n) is 6.95. The summed E-state index contributed by atoms with van der Waals surface area (Å²) in [4.78, 5) is 20.8. The van der Waals surface area contributed by atoms with Crippen molar-refractivity contribution in [2.75, 3.05) is 10.0 Å². The van der Waals surface area contributed by atoms with Crippen LogP contribution >= 0.6 is 0 Å². The molecule has 0 aromatic heterocycles. The average molecular weight is 367 g/mol. The van der Waals surface area contributed by atoms with Crippen LogP contribution in [0.5, 0.6) is 0 Å². The summed E-state index contributed by atoms with van der Waals surface area (Å²) in [6.45, 7) is 2.84. The van der Waals surface area contributed by atoms with E-state index in [0.29, 0.717) is 5.56 Å². The first-order valence-corrected chi connectivity index (χ1v) is 8.43. The number of amides is 1. The number of nitro benzene ring substituents is 1. The van der Waals surface area contributed by atoms with Gasteiger partial charge in [0, 0.05) is 18.7 Å². The van der Waals surface area contributed by atoms with Crippen LogP contribution < -0.4 is 10.0 Å². The number of aryl methyl sites for hydroxylation is 1. The van der Waals surface area contributed by atoms with Gasteiger partial charge in [-0.2, -0.15) is 4.39 Å². The van der Waals surface area contributed by atoms with Crippen molar-refractivity contribution in [3.63, 3.8) is 0 Å². The van der Waals surface area contributed by atoms with Crippen LogP contribution in [0.1, 0.15) is 12.5 Å². The molecule has 1 amide bonds. The monoisotopic (exact) mass is 367 g/mol. The molecular weight excluding hydrogens is 353 g/mol. The van der Waals surface area contributed by atoms with Crippen LogP contribution in [0.15, 0.2) is 41.3 Å². The maximum Gasteiger partial charge on any atom is 0.306 e. The standard InChI is InChI=1S/C15H14FN3O5S/c1-9-3-4-11(17-10(2)20)8-15(9)25(23,24)18-12-5-6-13(16)14(7-12)19(21)22/h3-8,18H,1-2H3,(H,17,20). The molecule has 0 aliphatic rings. The summed E-state index contributed by atoms with van der Waals surface area (Å²) in [5.41, 5.74) is -0.317. The van der Waals surface area contributed by atoms with Crippen LogP contribution in [0.25, 0.3) is 0 Å². The van der Waals surface area contributed by atoms with E-state index in [4.69, 9.17) is 0 Å². The summed E-state index contributed by atoms with van der Waals surface area (Å²) in [5, 5.41) is 13.2. The van der Waals surface area contributed by atoms with E-state index in [1.807, 2.05) is 0 Å². The quantitative estimate of drug-likeness (QED) is 0.622. The van der Waals surface area contributed by atoms with Crippen molar-refractivity contribution in [1.82, 2.24) is 0 Å². The zero-order valence-corrected chi connectivity index (χ0v) is 14.1. The van der Waals surface area contributed by atoms with Crippen LogP contribution in [-0.2, 0) is 14.8 Å². The molecule has 2 aromatic carbocycles. The van der Waals surface area contributed by atoms with Crippen LogP contribution in [-0.4, -0.2) is 19.2 Å². The lowest BCUT2D eigenvalue weighted by atomic mass is 10.2. The lowest BCUT2D eigenvalue weighted by Gasteiger charge is -2.12. The van der Waals surface area contributed by atoms with Gasteiger partial charge in [-0.1, -0.05) is 6.07 Å². The molecule has 2 N–H and O–H groups in total. The molecule has 0 bridgehead atoms. The number of halogens is 1. The summed E-state index contributed by atoms with van der Waals surface area (Å²) in [6, 6.07) is 6.98. The Labute approximate surface area is 142 Å². The average Bonchev–Trinajstić information content (AvgIpc) is 2.50. The number of hydrogen-bond acceptors (Lipinski definition) is 5. The third-order valence-electron chi connectivity index (χ3n) is 3.19. The van der Waals surface area contributed by atoms with E-state index in [9.17, 15) is 27.7 Å². The number of rotatable bonds is 5. The van der Waals surface area contributed by atoms with Gasteiger partial charge in [0.15, 0.2) is 0 Å². The smallest absolute Gasteiger partial charge is 0.306 e. The lowest BCUT2D eigenvalue weighted by molar-refractivity contribution is -0.387. The molecule has 10 heteroatoms. The molecule has 0 unspecified atom stereocenters. The Morgan fingerprint density at radius 2 is 1.80 bits per heavy atom. The third kappa shape index (κ3) is 4.29. The zero-order chi connectivity index (χ0) is 18.8. The molecule has 0 aliphatic heterocycles. The predicted octanol–water partition coefficient (Wildman–Crippen LogP) is 2.80. The van der Waals surface area contributed by atoms with E-state index in [1.54, 1.807) is 13.0 Å². The molecule has 0 saturated carbocycles. The topological polar surface area (TPSA) is 118 Å². The van der Waals surface area contributed by atoms with E-state index < -0.39 is 26.5 Å². The fraction of sp³-hybridized carbons (Fsp3) is 0.133. The minimum absolute atomic E-state index is 0.120. The van der Waals surface area contributed by atoms with Crippen LogP contribution in [0.3, 0.4) is 0 Å². The number of sulfonamides is 1. The SMILES string of the molecule is CC(=O)Nc1ccc(C)c(S(=O)(=O)Nc2ccc(F)c([N+](=O)[O-])c2)c1. The van der Waals surface area contributed by atoms with Crippen LogP contribution in [0, 0.1) is 22.9 Å². The first-order chi connectivity index (χ1) is 11.6. The summed E-state index contributed by atoms with van der Waals surface area (Å²) >= 11 is 0. The minimum Gasteiger partial charge on any atom is -0.326 e. The Balaban J connectivity index is 2.41. The predicted molar refractivity (Wildman–Crippen MR) is 89.3 cm³/mol. The number of nitrogens with one attached hydrogen (secondary N) is 2. The Kier molecular flexibility index (Phi) is 5.02. The minimum atomic E-state index is -4.10. The highest BCUT2D eigenvalue weighted by Gasteiger charge is 2.21. The normalized spacial score (nSPS) is 11.0. The van der Waals surface area contributed by atoms with Gasteiger partial charge in [0.1, 0.15) is 0 Å². The van der Waals surface area contributed by atoms with E-state index >= 15 is 0 Å². The van der Waals surface area contributed by atoms with Crippen molar-refractivity contribution in [3.05, 3.63) is 57.9 Å². The molecular formula is C15H14FN3O5S. The summed E-state index contributed by atoms with van der Waals surface area (Å²) in [6.07, 6.45) is 0. The fourth-order valence-electron chi connectivity index (χ4n) is 2.10. The first kappa shape index (κ1) is 18.3. The van der Waals surface area contributed by atoms with Crippen LogP contribution in [0.4, 0.5) is 21.5 Å². The van der Waals surface area contributed by atoms with Crippen molar-refractivity contribution < 1.29 is 22.5 Å². The van der Waals surface area contributed by atoms with Gasteiger partial charge in [-0.05, 0) is 36.8 Å². The van der Waals surface area contributed by atoms with E-state index in [2.05, 4.69) is 10.0 Å². The van der Waals surface area contributed by atoms with Gasteiger partial charge in [-0.15, -0.1) is 0 Å². The molecule has 132 valence electrons. The number of carbonyl (C=O) groups excluding carboxylic acids is 1. The second-order valence-corrected chi connectivity index (χ2v) is 6.84. The molecule has 0 fully saturated rings. The maximum atomic E-state index is 13.4. The highest BCUT2D eigenvalue weighted by molar-refractivity contribution is 7.92. The molecule has 0 saturated heterocycles. The number of benzene rings is 2. The van der Waals surface area contributed by atoms with E-state index in [-0.39, 0.29) is 22.2 Å². The molecule has 0 heterocycles. The summed E-state index contributed by atoms with van der Waals surface area (Å²) in [5.74, 6) is -1.44. The van der Waals surface area contributed by atoms with E-state index in [0.717, 1.165) is 18.2 Å². The fourth-order valence-corrected chi connectivity index (χ4v) is 3.42. The summed E-state index contributed by atoms with van der Waals surface area (Å²) in [7, 11) is -4.10. The summed E-state index contributed by atoms with van der Waals surface area (Å²) < 4.78 is 40.6. The Morgan fingerprint density at radius 1 is 1.16 bits per heavy atom. The largest absolute Gasteiger partial charge is 0.326 e. The molecule has 0 radical (unpaired) electrons. The number of nitro groups is 1. The number of hydrogen-bond donors (Lipinski definition) is 2. The van der Waals surface area contributed by atoms with Gasteiger partial charge in [0.25, 0.3) is 10.0 Å². The highest BCUT2D eigenvalue weighted by atomic mass is 32.2. The van der Waals surface area contributed by atoms with Crippen molar-refractivity contribution >= 4 is 33.0 Å². The van der Waals surface area contributed by atoms with Gasteiger partial charge in [-0.3, -0.25) is 19.6 Å². The Bertz CT molecular complexity index is 960. The molecule has 2 rings (SSSR count). The number of carbonyl (C=O) groups is 1. The molecule has 8 nitrogen and oxygen atoms in total. The van der Waals surface area contributed by atoms with Gasteiger partial charge >= 0.3 is 5.69 Å². The lowest BCUT2D eigenvalue weighted by Crippen LogP contribution is -2.15. The van der Waals surface area contributed by atoms with Gasteiger partial charge in [0.2, 0.25) is 11.7 Å². The highest BCUT2D eigenvalue weighted by Crippen LogP contribution is 2.26. The second-order valence-electron chi connectivity index (χ2n) is 5.19. The van der Waals surface area contributed by atoms with Crippen molar-refractivity contribution in [3.8, 4) is 0 Å².